The summed E-state index contributed by atoms with van der Waals surface area (Å²) >= 11 is 0. The van der Waals surface area contributed by atoms with Crippen LogP contribution in [0, 0.1) is 6.92 Å². The Hall–Kier alpha value is -2.83. The second-order valence-electron chi connectivity index (χ2n) is 6.14. The molecule has 1 amide bonds. The van der Waals surface area contributed by atoms with Crippen LogP contribution >= 0.6 is 0 Å². The van der Waals surface area contributed by atoms with Gasteiger partial charge in [-0.2, -0.15) is 0 Å². The molecule has 2 rings (SSSR count). The Morgan fingerprint density at radius 1 is 1.33 bits per heavy atom. The molecule has 24 heavy (non-hydrogen) atoms. The second kappa shape index (κ2) is 7.16. The highest BCUT2D eigenvalue weighted by molar-refractivity contribution is 5.92. The molecule has 1 aromatic heterocycles. The number of ether oxygens (including phenoxy) is 2. The third-order valence-corrected chi connectivity index (χ3v) is 3.05. The summed E-state index contributed by atoms with van der Waals surface area (Å²) in [5.41, 5.74) is 1.79. The Morgan fingerprint density at radius 2 is 2.04 bits per heavy atom. The van der Waals surface area contributed by atoms with Crippen molar-refractivity contribution in [1.82, 2.24) is 5.16 Å². The lowest BCUT2D eigenvalue weighted by atomic mass is 10.0. The summed E-state index contributed by atoms with van der Waals surface area (Å²) < 4.78 is 15.2. The lowest BCUT2D eigenvalue weighted by Gasteiger charge is -2.20. The lowest BCUT2D eigenvalue weighted by Crippen LogP contribution is -2.27. The molecule has 1 heterocycles. The highest BCUT2D eigenvalue weighted by Gasteiger charge is 2.21. The van der Waals surface area contributed by atoms with Crippen LogP contribution in [0.25, 0.3) is 11.1 Å². The normalized spacial score (nSPS) is 11.0. The summed E-state index contributed by atoms with van der Waals surface area (Å²) in [6, 6.07) is 7.18. The molecule has 1 aromatic carbocycles. The Morgan fingerprint density at radius 3 is 2.71 bits per heavy atom. The molecule has 0 aliphatic carbocycles. The summed E-state index contributed by atoms with van der Waals surface area (Å²) in [4.78, 5) is 22.5. The third-order valence-electron chi connectivity index (χ3n) is 3.05. The van der Waals surface area contributed by atoms with Gasteiger partial charge in [0, 0.05) is 5.56 Å². The maximum Gasteiger partial charge on any atom is 0.412 e. The molecule has 0 aliphatic heterocycles. The monoisotopic (exact) mass is 332 g/mol. The first kappa shape index (κ1) is 17.5. The number of carbonyl (C=O) groups is 2. The van der Waals surface area contributed by atoms with Gasteiger partial charge in [0.25, 0.3) is 6.47 Å². The number of amides is 1. The number of rotatable bonds is 5. The standard InChI is InChI=1S/C17H20N2O5/c1-11-15(14(19-24-11)9-22-10-20)12-7-5-6-8-13(12)18-16(21)23-17(2,3)4/h5-8,10H,9H2,1-4H3,(H,18,21). The third kappa shape index (κ3) is 4.34. The highest BCUT2D eigenvalue weighted by Crippen LogP contribution is 2.33. The molecule has 128 valence electrons. The van der Waals surface area contributed by atoms with Gasteiger partial charge in [0.1, 0.15) is 23.7 Å². The highest BCUT2D eigenvalue weighted by atomic mass is 16.6. The molecule has 2 aromatic rings. The van der Waals surface area contributed by atoms with E-state index in [0.717, 1.165) is 0 Å². The average Bonchev–Trinajstić information content (AvgIpc) is 2.84. The Kier molecular flexibility index (Phi) is 5.23. The molecule has 0 radical (unpaired) electrons. The van der Waals surface area contributed by atoms with E-state index in [-0.39, 0.29) is 6.61 Å². The minimum atomic E-state index is -0.602. The number of hydrogen-bond acceptors (Lipinski definition) is 6. The van der Waals surface area contributed by atoms with Crippen LogP contribution in [-0.4, -0.2) is 23.3 Å². The number of aromatic nitrogens is 1. The van der Waals surface area contributed by atoms with Gasteiger partial charge >= 0.3 is 6.09 Å². The number of nitrogens with zero attached hydrogens (tertiary/aromatic N) is 1. The average molecular weight is 332 g/mol. The summed E-state index contributed by atoms with van der Waals surface area (Å²) in [7, 11) is 0. The molecular weight excluding hydrogens is 312 g/mol. The fourth-order valence-electron chi connectivity index (χ4n) is 2.20. The molecule has 0 saturated carbocycles. The number of nitrogens with one attached hydrogen (secondary N) is 1. The van der Waals surface area contributed by atoms with E-state index < -0.39 is 11.7 Å². The maximum absolute atomic E-state index is 12.0. The summed E-state index contributed by atoms with van der Waals surface area (Å²) in [5, 5.41) is 6.63. The van der Waals surface area contributed by atoms with Crippen LogP contribution in [0.4, 0.5) is 10.5 Å². The van der Waals surface area contributed by atoms with Gasteiger partial charge < -0.3 is 14.0 Å². The van der Waals surface area contributed by atoms with Crippen molar-refractivity contribution in [3.05, 3.63) is 35.7 Å². The van der Waals surface area contributed by atoms with Crippen molar-refractivity contribution in [2.45, 2.75) is 39.9 Å². The molecule has 0 saturated heterocycles. The Bertz CT molecular complexity index is 731. The fraction of sp³-hybridized carbons (Fsp3) is 0.353. The van der Waals surface area contributed by atoms with E-state index in [4.69, 9.17) is 14.0 Å². The topological polar surface area (TPSA) is 90.7 Å². The largest absolute Gasteiger partial charge is 0.461 e. The molecule has 0 bridgehead atoms. The van der Waals surface area contributed by atoms with Gasteiger partial charge in [-0.25, -0.2) is 4.79 Å². The molecule has 0 spiro atoms. The van der Waals surface area contributed by atoms with Gasteiger partial charge in [-0.15, -0.1) is 0 Å². The molecular formula is C17H20N2O5. The van der Waals surface area contributed by atoms with Gasteiger partial charge in [-0.1, -0.05) is 23.4 Å². The van der Waals surface area contributed by atoms with Gasteiger partial charge in [0.15, 0.2) is 0 Å². The van der Waals surface area contributed by atoms with E-state index in [1.54, 1.807) is 39.8 Å². The van der Waals surface area contributed by atoms with Crippen molar-refractivity contribution in [3.63, 3.8) is 0 Å². The number of benzene rings is 1. The number of para-hydroxylation sites is 1. The Balaban J connectivity index is 2.34. The maximum atomic E-state index is 12.0. The summed E-state index contributed by atoms with van der Waals surface area (Å²) in [6.45, 7) is 7.44. The zero-order valence-electron chi connectivity index (χ0n) is 14.1. The second-order valence-corrected chi connectivity index (χ2v) is 6.14. The molecule has 7 heteroatoms. The predicted octanol–water partition coefficient (Wildman–Crippen LogP) is 3.67. The van der Waals surface area contributed by atoms with Crippen LogP contribution < -0.4 is 5.32 Å². The minimum Gasteiger partial charge on any atom is -0.461 e. The van der Waals surface area contributed by atoms with Crippen molar-refractivity contribution < 1.29 is 23.6 Å². The summed E-state index contributed by atoms with van der Waals surface area (Å²) in [5.74, 6) is 0.554. The molecule has 1 N–H and O–H groups in total. The van der Waals surface area contributed by atoms with Crippen LogP contribution in [-0.2, 0) is 20.9 Å². The zero-order valence-corrected chi connectivity index (χ0v) is 14.1. The first-order valence-electron chi connectivity index (χ1n) is 7.41. The quantitative estimate of drug-likeness (QED) is 0.840. The lowest BCUT2D eigenvalue weighted by molar-refractivity contribution is -0.129. The van der Waals surface area contributed by atoms with Crippen LogP contribution in [0.15, 0.2) is 28.8 Å². The van der Waals surface area contributed by atoms with Gasteiger partial charge in [0.2, 0.25) is 0 Å². The first-order chi connectivity index (χ1) is 11.3. The van der Waals surface area contributed by atoms with E-state index in [9.17, 15) is 9.59 Å². The van der Waals surface area contributed by atoms with Gasteiger partial charge in [-0.3, -0.25) is 10.1 Å². The Labute approximate surface area is 139 Å². The number of anilines is 1. The van der Waals surface area contributed by atoms with E-state index in [1.807, 2.05) is 12.1 Å². The van der Waals surface area contributed by atoms with Crippen molar-refractivity contribution in [2.24, 2.45) is 0 Å². The summed E-state index contributed by atoms with van der Waals surface area (Å²) in [6.07, 6.45) is -0.560. The number of hydrogen-bond donors (Lipinski definition) is 1. The van der Waals surface area contributed by atoms with E-state index >= 15 is 0 Å². The SMILES string of the molecule is Cc1onc(COC=O)c1-c1ccccc1NC(=O)OC(C)(C)C. The van der Waals surface area contributed by atoms with Crippen molar-refractivity contribution in [1.29, 1.82) is 0 Å². The molecule has 0 aliphatic rings. The number of carbonyl (C=O) groups excluding carboxylic acids is 2. The van der Waals surface area contributed by atoms with Crippen molar-refractivity contribution >= 4 is 18.3 Å². The van der Waals surface area contributed by atoms with E-state index in [0.29, 0.717) is 34.7 Å². The van der Waals surface area contributed by atoms with Crippen LogP contribution in [0.2, 0.25) is 0 Å². The fourth-order valence-corrected chi connectivity index (χ4v) is 2.20. The van der Waals surface area contributed by atoms with Crippen LogP contribution in [0.3, 0.4) is 0 Å². The minimum absolute atomic E-state index is 0.0169. The van der Waals surface area contributed by atoms with Crippen LogP contribution in [0.1, 0.15) is 32.2 Å². The first-order valence-corrected chi connectivity index (χ1v) is 7.41. The molecule has 0 fully saturated rings. The van der Waals surface area contributed by atoms with E-state index in [1.165, 1.54) is 0 Å². The smallest absolute Gasteiger partial charge is 0.412 e. The van der Waals surface area contributed by atoms with Gasteiger partial charge in [-0.05, 0) is 33.8 Å². The molecule has 0 atom stereocenters. The van der Waals surface area contributed by atoms with Crippen LogP contribution in [0.5, 0.6) is 0 Å². The predicted molar refractivity (Wildman–Crippen MR) is 87.4 cm³/mol. The number of aryl methyl sites for hydroxylation is 1. The van der Waals surface area contributed by atoms with E-state index in [2.05, 4.69) is 10.5 Å². The van der Waals surface area contributed by atoms with Crippen molar-refractivity contribution in [2.75, 3.05) is 5.32 Å². The zero-order chi connectivity index (χ0) is 17.7. The molecule has 7 nitrogen and oxygen atoms in total. The van der Waals surface area contributed by atoms with Gasteiger partial charge in [0.05, 0.1) is 11.3 Å². The molecule has 0 unspecified atom stereocenters. The van der Waals surface area contributed by atoms with Crippen molar-refractivity contribution in [3.8, 4) is 11.1 Å².